The Hall–Kier alpha value is -4.43. The van der Waals surface area contributed by atoms with Crippen molar-refractivity contribution in [3.05, 3.63) is 84.4 Å². The second-order valence-electron chi connectivity index (χ2n) is 8.55. The lowest BCUT2D eigenvalue weighted by atomic mass is 9.99. The van der Waals surface area contributed by atoms with Crippen LogP contribution in [0.3, 0.4) is 0 Å². The maximum Gasteiger partial charge on any atom is 0.339 e. The molecule has 8 heteroatoms. The number of para-hydroxylation sites is 1. The van der Waals surface area contributed by atoms with E-state index in [4.69, 9.17) is 19.2 Å². The van der Waals surface area contributed by atoms with Crippen molar-refractivity contribution in [2.75, 3.05) is 19.5 Å². The summed E-state index contributed by atoms with van der Waals surface area (Å²) in [7, 11) is 3.06. The van der Waals surface area contributed by atoms with Gasteiger partial charge in [-0.1, -0.05) is 49.4 Å². The van der Waals surface area contributed by atoms with E-state index in [1.54, 1.807) is 49.6 Å². The molecule has 1 amide bonds. The Morgan fingerprint density at radius 3 is 2.47 bits per heavy atom. The van der Waals surface area contributed by atoms with Gasteiger partial charge in [0.1, 0.15) is 16.5 Å². The van der Waals surface area contributed by atoms with E-state index in [9.17, 15) is 9.59 Å². The number of carbonyl (C=O) groups is 2. The normalized spacial score (nSPS) is 11.8. The van der Waals surface area contributed by atoms with E-state index in [0.717, 1.165) is 31.6 Å². The lowest BCUT2D eigenvalue weighted by molar-refractivity contribution is -0.124. The second kappa shape index (κ2) is 10.9. The highest BCUT2D eigenvalue weighted by atomic mass is 32.1. The van der Waals surface area contributed by atoms with Gasteiger partial charge in [0.2, 0.25) is 0 Å². The zero-order valence-electron chi connectivity index (χ0n) is 21.2. The predicted octanol–water partition coefficient (Wildman–Crippen LogP) is 6.71. The van der Waals surface area contributed by atoms with E-state index < -0.39 is 18.0 Å². The zero-order valence-corrected chi connectivity index (χ0v) is 22.0. The Morgan fingerprint density at radius 1 is 0.947 bits per heavy atom. The minimum Gasteiger partial charge on any atom is -0.497 e. The van der Waals surface area contributed by atoms with Gasteiger partial charge in [0.05, 0.1) is 35.7 Å². The summed E-state index contributed by atoms with van der Waals surface area (Å²) in [4.78, 5) is 31.4. The molecule has 192 valence electrons. The van der Waals surface area contributed by atoms with Crippen LogP contribution >= 0.6 is 11.3 Å². The van der Waals surface area contributed by atoms with Crippen molar-refractivity contribution in [1.29, 1.82) is 0 Å². The molecule has 0 radical (unpaired) electrons. The number of nitrogens with zero attached hydrogens (tertiary/aromatic N) is 1. The van der Waals surface area contributed by atoms with Crippen molar-refractivity contribution < 1.29 is 23.8 Å². The van der Waals surface area contributed by atoms with Crippen LogP contribution in [0.5, 0.6) is 11.5 Å². The molecular formula is C30H26N2O5S. The van der Waals surface area contributed by atoms with Gasteiger partial charge in [0.15, 0.2) is 6.10 Å². The van der Waals surface area contributed by atoms with Crippen molar-refractivity contribution in [3.8, 4) is 22.1 Å². The van der Waals surface area contributed by atoms with Crippen molar-refractivity contribution in [1.82, 2.24) is 4.98 Å². The first-order chi connectivity index (χ1) is 18.5. The number of amides is 1. The molecule has 0 saturated heterocycles. The lowest BCUT2D eigenvalue weighted by Crippen LogP contribution is -2.32. The summed E-state index contributed by atoms with van der Waals surface area (Å²) >= 11 is 1.57. The van der Waals surface area contributed by atoms with Crippen molar-refractivity contribution in [2.24, 2.45) is 0 Å². The quantitative estimate of drug-likeness (QED) is 0.226. The molecule has 0 fully saturated rings. The molecule has 0 aliphatic heterocycles. The van der Waals surface area contributed by atoms with Crippen LogP contribution in [-0.4, -0.2) is 37.2 Å². The molecule has 0 aliphatic carbocycles. The van der Waals surface area contributed by atoms with Crippen LogP contribution in [-0.2, 0) is 9.53 Å². The number of hydrogen-bond acceptors (Lipinski definition) is 7. The van der Waals surface area contributed by atoms with Gasteiger partial charge in [-0.05, 0) is 42.1 Å². The van der Waals surface area contributed by atoms with E-state index in [2.05, 4.69) is 5.32 Å². The summed E-state index contributed by atoms with van der Waals surface area (Å²) in [5.41, 5.74) is 2.58. The maximum atomic E-state index is 13.5. The average molecular weight is 527 g/mol. The third-order valence-electron chi connectivity index (χ3n) is 6.23. The fourth-order valence-electron chi connectivity index (χ4n) is 4.31. The largest absolute Gasteiger partial charge is 0.497 e. The average Bonchev–Trinajstić information content (AvgIpc) is 3.39. The van der Waals surface area contributed by atoms with Crippen LogP contribution in [0.1, 0.15) is 23.7 Å². The predicted molar refractivity (Wildman–Crippen MR) is 150 cm³/mol. The maximum absolute atomic E-state index is 13.5. The number of carbonyl (C=O) groups excluding carboxylic acids is 2. The molecule has 5 aromatic rings. The molecule has 1 heterocycles. The molecule has 1 N–H and O–H groups in total. The third-order valence-corrected chi connectivity index (χ3v) is 7.30. The SMILES string of the molecule is CCC(OC(=O)c1cccc2cccc(-c3nc4ccccc4s3)c12)C(=O)Nc1ccc(OC)cc1OC. The smallest absolute Gasteiger partial charge is 0.339 e. The Balaban J connectivity index is 1.45. The number of aromatic nitrogens is 1. The van der Waals surface area contributed by atoms with Crippen LogP contribution in [0.25, 0.3) is 31.6 Å². The summed E-state index contributed by atoms with van der Waals surface area (Å²) in [5.74, 6) is 0.00965. The zero-order chi connectivity index (χ0) is 26.6. The summed E-state index contributed by atoms with van der Waals surface area (Å²) < 4.78 is 17.4. The molecule has 1 aromatic heterocycles. The fraction of sp³-hybridized carbons (Fsp3) is 0.167. The molecule has 5 rings (SSSR count). The van der Waals surface area contributed by atoms with Gasteiger partial charge in [-0.25, -0.2) is 9.78 Å². The van der Waals surface area contributed by atoms with Gasteiger partial charge in [-0.15, -0.1) is 11.3 Å². The summed E-state index contributed by atoms with van der Waals surface area (Å²) in [6.07, 6.45) is -0.704. The van der Waals surface area contributed by atoms with Crippen LogP contribution in [0, 0.1) is 0 Å². The molecular weight excluding hydrogens is 500 g/mol. The molecule has 4 aromatic carbocycles. The number of ether oxygens (including phenoxy) is 3. The molecule has 0 aliphatic rings. The van der Waals surface area contributed by atoms with E-state index in [-0.39, 0.29) is 0 Å². The van der Waals surface area contributed by atoms with E-state index in [1.165, 1.54) is 7.11 Å². The van der Waals surface area contributed by atoms with Crippen LogP contribution in [0.4, 0.5) is 5.69 Å². The fourth-order valence-corrected chi connectivity index (χ4v) is 5.30. The first-order valence-electron chi connectivity index (χ1n) is 12.1. The standard InChI is InChI=1S/C30H26N2O5S/c1-4-24(28(33)31-22-16-15-19(35-2)17-25(22)36-3)37-30(34)21-12-8-10-18-9-7-11-20(27(18)21)29-32-23-13-5-6-14-26(23)38-29/h5-17,24H,4H2,1-3H3,(H,31,33). The van der Waals surface area contributed by atoms with E-state index >= 15 is 0 Å². The number of anilines is 1. The Kier molecular flexibility index (Phi) is 7.24. The van der Waals surface area contributed by atoms with Crippen molar-refractivity contribution >= 4 is 49.9 Å². The van der Waals surface area contributed by atoms with Gasteiger partial charge < -0.3 is 19.5 Å². The lowest BCUT2D eigenvalue weighted by Gasteiger charge is -2.18. The summed E-state index contributed by atoms with van der Waals surface area (Å²) in [6.45, 7) is 1.79. The van der Waals surface area contributed by atoms with Gasteiger partial charge in [-0.2, -0.15) is 0 Å². The number of thiazole rings is 1. The molecule has 0 spiro atoms. The second-order valence-corrected chi connectivity index (χ2v) is 9.58. The number of nitrogens with one attached hydrogen (secondary N) is 1. The Morgan fingerprint density at radius 2 is 1.74 bits per heavy atom. The van der Waals surface area contributed by atoms with E-state index in [0.29, 0.717) is 29.2 Å². The van der Waals surface area contributed by atoms with Crippen LogP contribution in [0.2, 0.25) is 0 Å². The molecule has 7 nitrogen and oxygen atoms in total. The first kappa shape index (κ1) is 25.2. The molecule has 1 unspecified atom stereocenters. The monoisotopic (exact) mass is 526 g/mol. The number of methoxy groups -OCH3 is 2. The number of fused-ring (bicyclic) bond motifs is 2. The summed E-state index contributed by atoms with van der Waals surface area (Å²) in [6, 6.07) is 24.3. The van der Waals surface area contributed by atoms with Crippen LogP contribution < -0.4 is 14.8 Å². The van der Waals surface area contributed by atoms with Gasteiger partial charge in [0.25, 0.3) is 5.91 Å². The molecule has 0 bridgehead atoms. The Labute approximate surface area is 224 Å². The first-order valence-corrected chi connectivity index (χ1v) is 13.0. The number of esters is 1. The highest BCUT2D eigenvalue weighted by Crippen LogP contribution is 2.36. The Bertz CT molecular complexity index is 1610. The topological polar surface area (TPSA) is 86.8 Å². The van der Waals surface area contributed by atoms with Gasteiger partial charge in [-0.3, -0.25) is 4.79 Å². The minimum absolute atomic E-state index is 0.297. The molecule has 1 atom stereocenters. The van der Waals surface area contributed by atoms with Crippen molar-refractivity contribution in [3.63, 3.8) is 0 Å². The number of hydrogen-bond donors (Lipinski definition) is 1. The van der Waals surface area contributed by atoms with Gasteiger partial charge >= 0.3 is 5.97 Å². The highest BCUT2D eigenvalue weighted by Gasteiger charge is 2.25. The van der Waals surface area contributed by atoms with Crippen molar-refractivity contribution in [2.45, 2.75) is 19.4 Å². The van der Waals surface area contributed by atoms with Gasteiger partial charge in [0, 0.05) is 17.0 Å². The van der Waals surface area contributed by atoms with E-state index in [1.807, 2.05) is 54.6 Å². The number of rotatable bonds is 8. The minimum atomic E-state index is -1.00. The number of benzene rings is 4. The molecule has 0 saturated carbocycles. The third kappa shape index (κ3) is 4.90. The summed E-state index contributed by atoms with van der Waals surface area (Å²) in [5, 5.41) is 5.25. The highest BCUT2D eigenvalue weighted by molar-refractivity contribution is 7.21. The van der Waals surface area contributed by atoms with Crippen LogP contribution in [0.15, 0.2) is 78.9 Å². The molecule has 38 heavy (non-hydrogen) atoms.